The lowest BCUT2D eigenvalue weighted by atomic mass is 9.93. The van der Waals surface area contributed by atoms with Gasteiger partial charge in [0.1, 0.15) is 5.75 Å². The first-order valence-corrected chi connectivity index (χ1v) is 7.73. The van der Waals surface area contributed by atoms with Crippen molar-refractivity contribution in [2.75, 3.05) is 13.7 Å². The molecule has 3 nitrogen and oxygen atoms in total. The van der Waals surface area contributed by atoms with Gasteiger partial charge >= 0.3 is 0 Å². The smallest absolute Gasteiger partial charge is 0.220 e. The quantitative estimate of drug-likeness (QED) is 0.909. The predicted octanol–water partition coefficient (Wildman–Crippen LogP) is 4.27. The van der Waals surface area contributed by atoms with E-state index in [0.29, 0.717) is 23.0 Å². The molecule has 114 valence electrons. The number of halogens is 2. The zero-order chi connectivity index (χ0) is 15.7. The SMILES string of the molecule is COc1ccc(C2CNC(=O)C2)cc1-c1cc(Cl)cc(Cl)c1. The molecule has 1 aliphatic rings. The Morgan fingerprint density at radius 1 is 1.14 bits per heavy atom. The molecule has 0 aromatic heterocycles. The molecule has 1 unspecified atom stereocenters. The molecule has 1 heterocycles. The van der Waals surface area contributed by atoms with Gasteiger partial charge in [0.05, 0.1) is 7.11 Å². The van der Waals surface area contributed by atoms with Crippen LogP contribution in [0.5, 0.6) is 5.75 Å². The van der Waals surface area contributed by atoms with E-state index >= 15 is 0 Å². The minimum absolute atomic E-state index is 0.0909. The summed E-state index contributed by atoms with van der Waals surface area (Å²) in [5.74, 6) is 1.03. The van der Waals surface area contributed by atoms with Crippen molar-refractivity contribution in [1.29, 1.82) is 0 Å². The number of hydrogen-bond donors (Lipinski definition) is 1. The number of benzene rings is 2. The van der Waals surface area contributed by atoms with Crippen molar-refractivity contribution >= 4 is 29.1 Å². The van der Waals surface area contributed by atoms with E-state index in [1.807, 2.05) is 30.3 Å². The Bertz CT molecular complexity index is 710. The topological polar surface area (TPSA) is 38.3 Å². The van der Waals surface area contributed by atoms with Gasteiger partial charge in [-0.15, -0.1) is 0 Å². The summed E-state index contributed by atoms with van der Waals surface area (Å²) in [7, 11) is 1.63. The monoisotopic (exact) mass is 335 g/mol. The number of nitrogens with one attached hydrogen (secondary N) is 1. The summed E-state index contributed by atoms with van der Waals surface area (Å²) in [6, 6.07) is 11.4. The van der Waals surface area contributed by atoms with Crippen molar-refractivity contribution < 1.29 is 9.53 Å². The van der Waals surface area contributed by atoms with Crippen LogP contribution in [0.25, 0.3) is 11.1 Å². The van der Waals surface area contributed by atoms with Crippen LogP contribution in [0.4, 0.5) is 0 Å². The molecule has 1 amide bonds. The van der Waals surface area contributed by atoms with Crippen molar-refractivity contribution in [1.82, 2.24) is 5.32 Å². The van der Waals surface area contributed by atoms with Gasteiger partial charge in [0, 0.05) is 34.5 Å². The maximum Gasteiger partial charge on any atom is 0.220 e. The maximum atomic E-state index is 11.4. The Balaban J connectivity index is 2.06. The van der Waals surface area contributed by atoms with Gasteiger partial charge in [-0.05, 0) is 41.5 Å². The molecule has 0 aliphatic carbocycles. The highest BCUT2D eigenvalue weighted by Crippen LogP contribution is 2.36. The van der Waals surface area contributed by atoms with Gasteiger partial charge in [0.25, 0.3) is 0 Å². The standard InChI is InChI=1S/C17H15Cl2NO2/c1-22-16-3-2-10(12-7-17(21)20-9-12)6-15(16)11-4-13(18)8-14(19)5-11/h2-6,8,12H,7,9H2,1H3,(H,20,21). The van der Waals surface area contributed by atoms with Crippen LogP contribution in [0.2, 0.25) is 10.0 Å². The van der Waals surface area contributed by atoms with Crippen molar-refractivity contribution in [2.24, 2.45) is 0 Å². The summed E-state index contributed by atoms with van der Waals surface area (Å²) in [6.45, 7) is 0.668. The highest BCUT2D eigenvalue weighted by atomic mass is 35.5. The lowest BCUT2D eigenvalue weighted by Crippen LogP contribution is -2.13. The first kappa shape index (κ1) is 15.2. The van der Waals surface area contributed by atoms with Crippen LogP contribution in [0.3, 0.4) is 0 Å². The van der Waals surface area contributed by atoms with Gasteiger partial charge < -0.3 is 10.1 Å². The van der Waals surface area contributed by atoms with Crippen molar-refractivity contribution in [3.05, 3.63) is 52.0 Å². The third-order valence-electron chi connectivity index (χ3n) is 3.85. The van der Waals surface area contributed by atoms with Crippen molar-refractivity contribution in [3.8, 4) is 16.9 Å². The van der Waals surface area contributed by atoms with Crippen LogP contribution in [0.1, 0.15) is 17.9 Å². The molecule has 1 saturated heterocycles. The highest BCUT2D eigenvalue weighted by molar-refractivity contribution is 6.35. The van der Waals surface area contributed by atoms with Crippen LogP contribution in [0, 0.1) is 0 Å². The number of carbonyl (C=O) groups excluding carboxylic acids is 1. The second-order valence-corrected chi connectivity index (χ2v) is 6.20. The van der Waals surface area contributed by atoms with E-state index < -0.39 is 0 Å². The largest absolute Gasteiger partial charge is 0.496 e. The molecule has 2 aromatic carbocycles. The van der Waals surface area contributed by atoms with E-state index in [0.717, 1.165) is 22.4 Å². The number of hydrogen-bond acceptors (Lipinski definition) is 2. The van der Waals surface area contributed by atoms with E-state index in [4.69, 9.17) is 27.9 Å². The van der Waals surface area contributed by atoms with E-state index in [1.165, 1.54) is 0 Å². The molecule has 0 bridgehead atoms. The Kier molecular flexibility index (Phi) is 4.27. The van der Waals surface area contributed by atoms with Gasteiger partial charge in [-0.3, -0.25) is 4.79 Å². The lowest BCUT2D eigenvalue weighted by molar-refractivity contribution is -0.119. The highest BCUT2D eigenvalue weighted by Gasteiger charge is 2.24. The first-order valence-electron chi connectivity index (χ1n) is 6.98. The van der Waals surface area contributed by atoms with Crippen molar-refractivity contribution in [3.63, 3.8) is 0 Å². The Hall–Kier alpha value is -1.71. The molecule has 2 aromatic rings. The summed E-state index contributed by atoms with van der Waals surface area (Å²) in [4.78, 5) is 11.4. The first-order chi connectivity index (χ1) is 10.6. The second-order valence-electron chi connectivity index (χ2n) is 5.32. The third-order valence-corrected chi connectivity index (χ3v) is 4.28. The molecule has 5 heteroatoms. The van der Waals surface area contributed by atoms with E-state index in [2.05, 4.69) is 5.32 Å². The Morgan fingerprint density at radius 3 is 2.45 bits per heavy atom. The fourth-order valence-electron chi connectivity index (χ4n) is 2.76. The van der Waals surface area contributed by atoms with E-state index in [9.17, 15) is 4.79 Å². The minimum atomic E-state index is 0.0909. The van der Waals surface area contributed by atoms with Crippen LogP contribution >= 0.6 is 23.2 Å². The summed E-state index contributed by atoms with van der Waals surface area (Å²) in [6.07, 6.45) is 0.516. The number of amides is 1. The normalized spacial score (nSPS) is 17.4. The number of methoxy groups -OCH3 is 1. The van der Waals surface area contributed by atoms with Gasteiger partial charge in [-0.2, -0.15) is 0 Å². The Morgan fingerprint density at radius 2 is 1.86 bits per heavy atom. The van der Waals surface area contributed by atoms with Gasteiger partial charge in [0.15, 0.2) is 0 Å². The van der Waals surface area contributed by atoms with Gasteiger partial charge in [0.2, 0.25) is 5.91 Å². The van der Waals surface area contributed by atoms with Gasteiger partial charge in [-0.1, -0.05) is 29.3 Å². The van der Waals surface area contributed by atoms with Crippen LogP contribution in [-0.4, -0.2) is 19.6 Å². The molecule has 22 heavy (non-hydrogen) atoms. The zero-order valence-electron chi connectivity index (χ0n) is 12.0. The summed E-state index contributed by atoms with van der Waals surface area (Å²) < 4.78 is 5.45. The van der Waals surface area contributed by atoms with Crippen LogP contribution in [0.15, 0.2) is 36.4 Å². The molecule has 0 spiro atoms. The second kappa shape index (κ2) is 6.19. The summed E-state index contributed by atoms with van der Waals surface area (Å²) >= 11 is 12.2. The fraction of sp³-hybridized carbons (Fsp3) is 0.235. The molecule has 1 atom stereocenters. The molecule has 1 aliphatic heterocycles. The van der Waals surface area contributed by atoms with E-state index in [1.54, 1.807) is 13.2 Å². The Labute approximate surface area is 139 Å². The summed E-state index contributed by atoms with van der Waals surface area (Å²) in [5.41, 5.74) is 2.92. The number of ether oxygens (including phenoxy) is 1. The molecule has 1 N–H and O–H groups in total. The van der Waals surface area contributed by atoms with Crippen LogP contribution in [-0.2, 0) is 4.79 Å². The molecule has 1 fully saturated rings. The number of carbonyl (C=O) groups is 1. The zero-order valence-corrected chi connectivity index (χ0v) is 13.5. The minimum Gasteiger partial charge on any atom is -0.496 e. The lowest BCUT2D eigenvalue weighted by Gasteiger charge is -2.14. The molecular weight excluding hydrogens is 321 g/mol. The third kappa shape index (κ3) is 3.06. The number of rotatable bonds is 3. The predicted molar refractivity (Wildman–Crippen MR) is 88.8 cm³/mol. The average Bonchev–Trinajstić information content (AvgIpc) is 2.92. The van der Waals surface area contributed by atoms with Crippen LogP contribution < -0.4 is 10.1 Å². The van der Waals surface area contributed by atoms with E-state index in [-0.39, 0.29) is 11.8 Å². The van der Waals surface area contributed by atoms with Gasteiger partial charge in [-0.25, -0.2) is 0 Å². The molecule has 3 rings (SSSR count). The average molecular weight is 336 g/mol. The molecule has 0 radical (unpaired) electrons. The fourth-order valence-corrected chi connectivity index (χ4v) is 3.28. The molecule has 0 saturated carbocycles. The molecular formula is C17H15Cl2NO2. The van der Waals surface area contributed by atoms with Crippen molar-refractivity contribution in [2.45, 2.75) is 12.3 Å². The summed E-state index contributed by atoms with van der Waals surface area (Å²) in [5, 5.41) is 4.01. The maximum absolute atomic E-state index is 11.4.